The molecule has 0 atom stereocenters. The summed E-state index contributed by atoms with van der Waals surface area (Å²) in [7, 11) is 3.66. The van der Waals surface area contributed by atoms with E-state index in [0.717, 1.165) is 7.05 Å². The summed E-state index contributed by atoms with van der Waals surface area (Å²) in [4.78, 5) is 4.55. The lowest BCUT2D eigenvalue weighted by molar-refractivity contribution is -0.146. The molecule has 2 aromatic rings. The van der Waals surface area contributed by atoms with E-state index in [2.05, 4.69) is 26.9 Å². The lowest BCUT2D eigenvalue weighted by Crippen LogP contribution is -2.13. The minimum Gasteiger partial charge on any atom is -0.473 e. The zero-order valence-corrected chi connectivity index (χ0v) is 15.5. The van der Waals surface area contributed by atoms with Crippen LogP contribution in [0.1, 0.15) is 16.8 Å². The number of alkyl halides is 3. The minimum atomic E-state index is -4.88. The fourth-order valence-electron chi connectivity index (χ4n) is 2.32. The van der Waals surface area contributed by atoms with E-state index in [9.17, 15) is 17.6 Å². The van der Waals surface area contributed by atoms with Gasteiger partial charge in [-0.2, -0.15) is 18.3 Å². The quantitative estimate of drug-likeness (QED) is 0.249. The maximum atomic E-state index is 14.4. The van der Waals surface area contributed by atoms with Crippen molar-refractivity contribution in [3.05, 3.63) is 39.8 Å². The number of benzene rings is 1. The van der Waals surface area contributed by atoms with E-state index in [1.54, 1.807) is 6.92 Å². The Labute approximate surface area is 157 Å². The van der Waals surface area contributed by atoms with Gasteiger partial charge in [0.05, 0.1) is 12.1 Å². The van der Waals surface area contributed by atoms with Crippen LogP contribution in [-0.4, -0.2) is 29.9 Å². The Morgan fingerprint density at radius 2 is 1.96 bits per heavy atom. The van der Waals surface area contributed by atoms with Gasteiger partial charge in [-0.15, -0.1) is 0 Å². The Balaban J connectivity index is 2.62. The number of methoxy groups -OCH3 is 1. The third-order valence-electron chi connectivity index (χ3n) is 3.50. The van der Waals surface area contributed by atoms with Crippen LogP contribution in [0.3, 0.4) is 0 Å². The molecule has 0 amide bonds. The Morgan fingerprint density at radius 1 is 1.30 bits per heavy atom. The number of rotatable bonds is 2. The maximum Gasteiger partial charge on any atom is 0.435 e. The summed E-state index contributed by atoms with van der Waals surface area (Å²) >= 11 is 6.13. The molecular formula is C17H14ClF4N3O2. The summed E-state index contributed by atoms with van der Waals surface area (Å²) in [5.41, 5.74) is -1.10. The zero-order chi connectivity index (χ0) is 20.4. The average Bonchev–Trinajstić information content (AvgIpc) is 2.87. The number of halogens is 5. The fraction of sp³-hybridized carbons (Fsp3) is 0.294. The predicted octanol–water partition coefficient (Wildman–Crippen LogP) is 4.16. The highest BCUT2D eigenvalue weighted by molar-refractivity contribution is 6.32. The molecule has 144 valence electrons. The Hall–Kier alpha value is -2.73. The lowest BCUT2D eigenvalue weighted by atomic mass is 10.0. The number of ether oxygens (including phenoxy) is 1. The van der Waals surface area contributed by atoms with E-state index in [0.29, 0.717) is 10.2 Å². The van der Waals surface area contributed by atoms with Crippen molar-refractivity contribution >= 4 is 17.5 Å². The van der Waals surface area contributed by atoms with Gasteiger partial charge in [0.25, 0.3) is 0 Å². The van der Waals surface area contributed by atoms with Crippen molar-refractivity contribution in [2.75, 3.05) is 14.2 Å². The second kappa shape index (κ2) is 7.88. The van der Waals surface area contributed by atoms with Gasteiger partial charge >= 0.3 is 12.1 Å². The highest BCUT2D eigenvalue weighted by Crippen LogP contribution is 2.37. The standard InChI is InChI=1S/C17H14ClF4N3O2/c1-9-7-12(18)10(5-6-13(26-3)24-27-4)8-11(9)15-14(19)16(17(20,21)22)25(2)23-15/h7-8H,1-4H3/b24-13-. The van der Waals surface area contributed by atoms with Crippen molar-refractivity contribution in [2.24, 2.45) is 12.2 Å². The zero-order valence-electron chi connectivity index (χ0n) is 14.7. The Bertz CT molecular complexity index is 956. The SMILES string of the molecule is CO/N=C(/C#Cc1cc(-c2nn(C)c(C(F)(F)F)c2F)c(C)cc1Cl)OC. The smallest absolute Gasteiger partial charge is 0.435 e. The molecule has 0 aliphatic carbocycles. The number of nitrogens with zero attached hydrogens (tertiary/aromatic N) is 3. The first kappa shape index (κ1) is 20.6. The highest BCUT2D eigenvalue weighted by atomic mass is 35.5. The summed E-state index contributed by atoms with van der Waals surface area (Å²) < 4.78 is 58.8. The molecule has 0 radical (unpaired) electrons. The van der Waals surface area contributed by atoms with Gasteiger partial charge in [-0.25, -0.2) is 4.39 Å². The van der Waals surface area contributed by atoms with E-state index >= 15 is 0 Å². The van der Waals surface area contributed by atoms with Crippen molar-refractivity contribution in [2.45, 2.75) is 13.1 Å². The molecule has 0 spiro atoms. The molecule has 0 bridgehead atoms. The first-order valence-corrected chi connectivity index (χ1v) is 7.75. The Kier molecular flexibility index (Phi) is 6.01. The predicted molar refractivity (Wildman–Crippen MR) is 91.7 cm³/mol. The molecule has 1 aromatic carbocycles. The van der Waals surface area contributed by atoms with Gasteiger partial charge in [-0.1, -0.05) is 17.5 Å². The van der Waals surface area contributed by atoms with E-state index in [-0.39, 0.29) is 22.0 Å². The van der Waals surface area contributed by atoms with Gasteiger partial charge in [-0.05, 0) is 29.8 Å². The van der Waals surface area contributed by atoms with Crippen LogP contribution in [0.15, 0.2) is 17.3 Å². The molecule has 1 heterocycles. The van der Waals surface area contributed by atoms with Crippen LogP contribution < -0.4 is 0 Å². The average molecular weight is 404 g/mol. The van der Waals surface area contributed by atoms with Crippen LogP contribution in [0.5, 0.6) is 0 Å². The second-order valence-corrected chi connectivity index (χ2v) is 5.72. The van der Waals surface area contributed by atoms with E-state index in [4.69, 9.17) is 16.3 Å². The van der Waals surface area contributed by atoms with Crippen LogP contribution >= 0.6 is 11.6 Å². The molecule has 0 saturated heterocycles. The molecule has 0 aliphatic heterocycles. The topological polar surface area (TPSA) is 48.6 Å². The summed E-state index contributed by atoms with van der Waals surface area (Å²) in [5.74, 6) is 3.70. The molecule has 10 heteroatoms. The Morgan fingerprint density at radius 3 is 2.48 bits per heavy atom. The summed E-state index contributed by atoms with van der Waals surface area (Å²) in [6, 6.07) is 2.82. The molecule has 0 unspecified atom stereocenters. The van der Waals surface area contributed by atoms with Gasteiger partial charge in [0.1, 0.15) is 12.8 Å². The third kappa shape index (κ3) is 4.34. The minimum absolute atomic E-state index is 0.0425. The van der Waals surface area contributed by atoms with Crippen molar-refractivity contribution in [3.8, 4) is 23.1 Å². The molecule has 0 fully saturated rings. The monoisotopic (exact) mass is 403 g/mol. The number of hydrogen-bond acceptors (Lipinski definition) is 4. The van der Waals surface area contributed by atoms with Gasteiger partial charge in [0.15, 0.2) is 11.5 Å². The number of oxime groups is 1. The van der Waals surface area contributed by atoms with Gasteiger partial charge in [0.2, 0.25) is 0 Å². The molecule has 0 saturated carbocycles. The molecule has 0 aliphatic rings. The normalized spacial score (nSPS) is 11.8. The highest BCUT2D eigenvalue weighted by Gasteiger charge is 2.40. The van der Waals surface area contributed by atoms with Gasteiger partial charge < -0.3 is 9.57 Å². The van der Waals surface area contributed by atoms with Crippen molar-refractivity contribution < 1.29 is 27.1 Å². The first-order chi connectivity index (χ1) is 12.6. The van der Waals surface area contributed by atoms with Crippen LogP contribution in [0.25, 0.3) is 11.3 Å². The maximum absolute atomic E-state index is 14.4. The van der Waals surface area contributed by atoms with E-state index < -0.39 is 23.4 Å². The summed E-state index contributed by atoms with van der Waals surface area (Å²) in [5, 5.41) is 7.43. The summed E-state index contributed by atoms with van der Waals surface area (Å²) in [6.45, 7) is 1.58. The fourth-order valence-corrected chi connectivity index (χ4v) is 2.58. The van der Waals surface area contributed by atoms with E-state index in [1.165, 1.54) is 26.4 Å². The number of hydrogen-bond donors (Lipinski definition) is 0. The molecule has 0 N–H and O–H groups in total. The van der Waals surface area contributed by atoms with E-state index in [1.807, 2.05) is 0 Å². The van der Waals surface area contributed by atoms with Crippen molar-refractivity contribution in [1.29, 1.82) is 0 Å². The lowest BCUT2D eigenvalue weighted by Gasteiger charge is -2.07. The molecule has 5 nitrogen and oxygen atoms in total. The van der Waals surface area contributed by atoms with Crippen molar-refractivity contribution in [1.82, 2.24) is 9.78 Å². The molecule has 1 aromatic heterocycles. The van der Waals surface area contributed by atoms with Gasteiger partial charge in [-0.3, -0.25) is 4.68 Å². The second-order valence-electron chi connectivity index (χ2n) is 5.31. The first-order valence-electron chi connectivity index (χ1n) is 7.37. The van der Waals surface area contributed by atoms with Crippen LogP contribution in [-0.2, 0) is 22.8 Å². The van der Waals surface area contributed by atoms with Crippen molar-refractivity contribution in [3.63, 3.8) is 0 Å². The molecule has 27 heavy (non-hydrogen) atoms. The molecule has 2 rings (SSSR count). The van der Waals surface area contributed by atoms with Crippen LogP contribution in [0, 0.1) is 24.6 Å². The van der Waals surface area contributed by atoms with Crippen LogP contribution in [0.4, 0.5) is 17.6 Å². The number of aryl methyl sites for hydroxylation is 2. The van der Waals surface area contributed by atoms with Crippen LogP contribution in [0.2, 0.25) is 5.02 Å². The van der Waals surface area contributed by atoms with Gasteiger partial charge in [0, 0.05) is 24.1 Å². The third-order valence-corrected chi connectivity index (χ3v) is 3.81. The number of aromatic nitrogens is 2. The largest absolute Gasteiger partial charge is 0.473 e. The molecular weight excluding hydrogens is 390 g/mol. The summed E-state index contributed by atoms with van der Waals surface area (Å²) in [6.07, 6.45) is -4.88.